The van der Waals surface area contributed by atoms with E-state index in [0.717, 1.165) is 17.0 Å². The van der Waals surface area contributed by atoms with E-state index in [-0.39, 0.29) is 43.6 Å². The van der Waals surface area contributed by atoms with Crippen molar-refractivity contribution in [1.29, 1.82) is 0 Å². The van der Waals surface area contributed by atoms with Gasteiger partial charge < -0.3 is 9.80 Å². The monoisotopic (exact) mass is 576 g/mol. The lowest BCUT2D eigenvalue weighted by atomic mass is 10.0. The summed E-state index contributed by atoms with van der Waals surface area (Å²) in [5, 5.41) is 0. The first kappa shape index (κ1) is 29.2. The normalized spacial score (nSPS) is 15.0. The van der Waals surface area contributed by atoms with E-state index in [4.69, 9.17) is 0 Å². The molecule has 4 rings (SSSR count). The summed E-state index contributed by atoms with van der Waals surface area (Å²) < 4.78 is 119. The van der Waals surface area contributed by atoms with Crippen molar-refractivity contribution >= 4 is 11.7 Å². The number of carbonyl (C=O) groups excluding carboxylic acids is 1. The fourth-order valence-electron chi connectivity index (χ4n) is 4.27. The molecule has 1 aromatic heterocycles. The van der Waals surface area contributed by atoms with Gasteiger partial charge in [-0.05, 0) is 44.2 Å². The van der Waals surface area contributed by atoms with Gasteiger partial charge in [-0.25, -0.2) is 9.97 Å². The van der Waals surface area contributed by atoms with E-state index >= 15 is 0 Å². The molecule has 214 valence electrons. The van der Waals surface area contributed by atoms with Crippen molar-refractivity contribution in [3.63, 3.8) is 0 Å². The highest BCUT2D eigenvalue weighted by atomic mass is 19.4. The topological polar surface area (TPSA) is 49.3 Å². The maximum Gasteiger partial charge on any atom is 0.416 e. The molecule has 0 radical (unpaired) electrons. The summed E-state index contributed by atoms with van der Waals surface area (Å²) in [6, 6.07) is 5.25. The molecule has 1 amide bonds. The third-order valence-corrected chi connectivity index (χ3v) is 6.51. The van der Waals surface area contributed by atoms with Crippen molar-refractivity contribution in [3.05, 3.63) is 76.0 Å². The number of hydrogen-bond donors (Lipinski definition) is 0. The third kappa shape index (κ3) is 6.15. The summed E-state index contributed by atoms with van der Waals surface area (Å²) in [6.07, 6.45) is -14.7. The minimum Gasteiger partial charge on any atom is -0.353 e. The Bertz CT molecular complexity index is 1390. The molecular formula is C26H21F9N4O. The van der Waals surface area contributed by atoms with Gasteiger partial charge in [-0.2, -0.15) is 39.5 Å². The van der Waals surface area contributed by atoms with Gasteiger partial charge in [-0.1, -0.05) is 12.1 Å². The average molecular weight is 576 g/mol. The van der Waals surface area contributed by atoms with Gasteiger partial charge in [0.15, 0.2) is 5.82 Å². The number of piperazine rings is 1. The lowest BCUT2D eigenvalue weighted by Crippen LogP contribution is -2.49. The van der Waals surface area contributed by atoms with Gasteiger partial charge in [0.25, 0.3) is 5.91 Å². The molecule has 5 nitrogen and oxygen atoms in total. The van der Waals surface area contributed by atoms with E-state index in [1.165, 1.54) is 12.1 Å². The predicted molar refractivity (Wildman–Crippen MR) is 127 cm³/mol. The molecular weight excluding hydrogens is 555 g/mol. The van der Waals surface area contributed by atoms with Crippen LogP contribution in [0.25, 0.3) is 11.4 Å². The van der Waals surface area contributed by atoms with Crippen LogP contribution in [0.3, 0.4) is 0 Å². The van der Waals surface area contributed by atoms with Crippen LogP contribution in [-0.2, 0) is 18.5 Å². The minimum absolute atomic E-state index is 0.0438. The number of aryl methyl sites for hydroxylation is 1. The molecule has 0 spiro atoms. The van der Waals surface area contributed by atoms with Crippen molar-refractivity contribution in [2.24, 2.45) is 0 Å². The van der Waals surface area contributed by atoms with E-state index in [1.54, 1.807) is 18.7 Å². The summed E-state index contributed by atoms with van der Waals surface area (Å²) in [5.41, 5.74) is -3.52. The zero-order chi connectivity index (χ0) is 29.6. The summed E-state index contributed by atoms with van der Waals surface area (Å²) in [6.45, 7) is 3.52. The Morgan fingerprint density at radius 1 is 0.725 bits per heavy atom. The van der Waals surface area contributed by atoms with E-state index in [2.05, 4.69) is 9.97 Å². The Kier molecular flexibility index (Phi) is 7.50. The van der Waals surface area contributed by atoms with Crippen LogP contribution in [0.1, 0.15) is 38.3 Å². The molecule has 0 aliphatic carbocycles. The van der Waals surface area contributed by atoms with Gasteiger partial charge in [-0.15, -0.1) is 0 Å². The molecule has 3 aromatic rings. The molecule has 1 fully saturated rings. The summed E-state index contributed by atoms with van der Waals surface area (Å²) in [7, 11) is 0. The minimum atomic E-state index is -5.09. The smallest absolute Gasteiger partial charge is 0.353 e. The number of halogens is 9. The van der Waals surface area contributed by atoms with E-state index in [1.807, 2.05) is 0 Å². The maximum absolute atomic E-state index is 13.2. The number of carbonyl (C=O) groups is 1. The second-order valence-electron chi connectivity index (χ2n) is 9.23. The van der Waals surface area contributed by atoms with Crippen molar-refractivity contribution in [1.82, 2.24) is 14.9 Å². The number of benzene rings is 2. The lowest BCUT2D eigenvalue weighted by molar-refractivity contribution is -0.143. The highest BCUT2D eigenvalue weighted by Crippen LogP contribution is 2.37. The first-order chi connectivity index (χ1) is 18.4. The average Bonchev–Trinajstić information content (AvgIpc) is 2.88. The second kappa shape index (κ2) is 10.3. The largest absolute Gasteiger partial charge is 0.416 e. The van der Waals surface area contributed by atoms with E-state index in [0.29, 0.717) is 29.2 Å². The number of aromatic nitrogens is 2. The molecule has 0 atom stereocenters. The molecule has 1 saturated heterocycles. The highest BCUT2D eigenvalue weighted by molar-refractivity contribution is 5.95. The van der Waals surface area contributed by atoms with E-state index < -0.39 is 46.7 Å². The molecule has 1 aliphatic rings. The number of hydrogen-bond acceptors (Lipinski definition) is 4. The molecule has 0 N–H and O–H groups in total. The lowest BCUT2D eigenvalue weighted by Gasteiger charge is -2.36. The van der Waals surface area contributed by atoms with E-state index in [9.17, 15) is 44.3 Å². The predicted octanol–water partition coefficient (Wildman–Crippen LogP) is 6.78. The van der Waals surface area contributed by atoms with Crippen molar-refractivity contribution in [2.75, 3.05) is 31.1 Å². The van der Waals surface area contributed by atoms with Gasteiger partial charge in [0.1, 0.15) is 5.82 Å². The van der Waals surface area contributed by atoms with Crippen molar-refractivity contribution in [2.45, 2.75) is 32.4 Å². The van der Waals surface area contributed by atoms with Crippen LogP contribution >= 0.6 is 0 Å². The number of alkyl halides is 9. The number of anilines is 1. The fourth-order valence-corrected chi connectivity index (χ4v) is 4.27. The van der Waals surface area contributed by atoms with Crippen LogP contribution in [0.4, 0.5) is 45.3 Å². The summed E-state index contributed by atoms with van der Waals surface area (Å²) in [4.78, 5) is 24.6. The second-order valence-corrected chi connectivity index (χ2v) is 9.23. The van der Waals surface area contributed by atoms with Crippen molar-refractivity contribution in [3.8, 4) is 11.4 Å². The first-order valence-electron chi connectivity index (χ1n) is 11.8. The standard InChI is InChI=1S/C26H21F9N4O/c1-14-15(2)36-21(16-4-3-5-18(10-16)24(27,28)29)37-22(14)38-6-8-39(9-7-38)23(40)17-11-19(25(30,31)32)13-20(12-17)26(33,34)35/h3-5,10-13H,6-9H2,1-2H3. The maximum atomic E-state index is 13.2. The SMILES string of the molecule is Cc1nc(-c2cccc(C(F)(F)F)c2)nc(N2CCN(C(=O)c3cc(C(F)(F)F)cc(C(F)(F)F)c3)CC2)c1C. The fraction of sp³-hybridized carbons (Fsp3) is 0.346. The molecule has 2 aromatic carbocycles. The first-order valence-corrected chi connectivity index (χ1v) is 11.8. The number of nitrogens with zero attached hydrogens (tertiary/aromatic N) is 4. The van der Waals surface area contributed by atoms with Crippen LogP contribution in [0, 0.1) is 13.8 Å². The van der Waals surface area contributed by atoms with Crippen LogP contribution in [0.15, 0.2) is 42.5 Å². The molecule has 0 saturated carbocycles. The Morgan fingerprint density at radius 3 is 1.80 bits per heavy atom. The van der Waals surface area contributed by atoms with Gasteiger partial charge in [-0.3, -0.25) is 4.79 Å². The summed E-state index contributed by atoms with van der Waals surface area (Å²) in [5.74, 6) is -0.548. The van der Waals surface area contributed by atoms with Gasteiger partial charge in [0.05, 0.1) is 16.7 Å². The van der Waals surface area contributed by atoms with Crippen LogP contribution < -0.4 is 4.90 Å². The highest BCUT2D eigenvalue weighted by Gasteiger charge is 2.38. The Labute approximate surface area is 222 Å². The van der Waals surface area contributed by atoms with Crippen molar-refractivity contribution < 1.29 is 44.3 Å². The van der Waals surface area contributed by atoms with Gasteiger partial charge >= 0.3 is 18.5 Å². The molecule has 0 unspecified atom stereocenters. The number of rotatable bonds is 3. The number of amides is 1. The Morgan fingerprint density at radius 2 is 1.27 bits per heavy atom. The molecule has 2 heterocycles. The molecule has 14 heteroatoms. The van der Waals surface area contributed by atoms with Crippen LogP contribution in [-0.4, -0.2) is 47.0 Å². The van der Waals surface area contributed by atoms with Crippen LogP contribution in [0.5, 0.6) is 0 Å². The zero-order valence-electron chi connectivity index (χ0n) is 21.0. The summed E-state index contributed by atoms with van der Waals surface area (Å²) >= 11 is 0. The van der Waals surface area contributed by atoms with Crippen LogP contribution in [0.2, 0.25) is 0 Å². The Hall–Kier alpha value is -3.84. The third-order valence-electron chi connectivity index (χ3n) is 6.51. The molecule has 1 aliphatic heterocycles. The van der Waals surface area contributed by atoms with Gasteiger partial charge in [0, 0.05) is 48.6 Å². The molecule has 0 bridgehead atoms. The van der Waals surface area contributed by atoms with Gasteiger partial charge in [0.2, 0.25) is 0 Å². The molecule has 40 heavy (non-hydrogen) atoms. The zero-order valence-corrected chi connectivity index (χ0v) is 21.0. The quantitative estimate of drug-likeness (QED) is 0.323. The Balaban J connectivity index is 1.57.